The van der Waals surface area contributed by atoms with Crippen molar-refractivity contribution in [3.05, 3.63) is 164 Å². The topological polar surface area (TPSA) is 61.7 Å². The minimum Gasteiger partial charge on any atom is -0.455 e. The SMILES string of the molecule is c1ccc(-c2cccc(-n3c4ccccc4c4ccc5c6ccccc6n(-c6nccc(-c7cccc8c7oc7ccccc78)n6)c5c43)n2)cc1. The van der Waals surface area contributed by atoms with Crippen molar-refractivity contribution in [2.75, 3.05) is 0 Å². The van der Waals surface area contributed by atoms with Crippen LogP contribution < -0.4 is 0 Å². The average molecular weight is 654 g/mol. The highest BCUT2D eigenvalue weighted by Crippen LogP contribution is 2.42. The Labute approximate surface area is 291 Å². The lowest BCUT2D eigenvalue weighted by Crippen LogP contribution is -2.04. The van der Waals surface area contributed by atoms with Gasteiger partial charge in [0.05, 0.1) is 33.5 Å². The molecule has 0 aliphatic carbocycles. The van der Waals surface area contributed by atoms with Crippen LogP contribution in [0.5, 0.6) is 0 Å². The summed E-state index contributed by atoms with van der Waals surface area (Å²) in [5, 5.41) is 6.70. The third-order valence-electron chi connectivity index (χ3n) is 10.0. The number of para-hydroxylation sites is 4. The van der Waals surface area contributed by atoms with Gasteiger partial charge < -0.3 is 4.42 Å². The first-order valence-corrected chi connectivity index (χ1v) is 17.0. The summed E-state index contributed by atoms with van der Waals surface area (Å²) in [6.07, 6.45) is 1.85. The fraction of sp³-hybridized carbons (Fsp3) is 0. The Hall–Kier alpha value is -7.05. The van der Waals surface area contributed by atoms with Gasteiger partial charge in [-0.25, -0.2) is 15.0 Å². The second-order valence-electron chi connectivity index (χ2n) is 12.8. The van der Waals surface area contributed by atoms with Gasteiger partial charge in [0.15, 0.2) is 0 Å². The quantitative estimate of drug-likeness (QED) is 0.190. The third-order valence-corrected chi connectivity index (χ3v) is 10.0. The van der Waals surface area contributed by atoms with E-state index in [9.17, 15) is 0 Å². The molecule has 6 heteroatoms. The number of rotatable bonds is 4. The maximum absolute atomic E-state index is 6.43. The monoisotopic (exact) mass is 653 g/mol. The maximum atomic E-state index is 6.43. The van der Waals surface area contributed by atoms with E-state index in [1.165, 1.54) is 0 Å². The highest BCUT2D eigenvalue weighted by molar-refractivity contribution is 6.23. The zero-order valence-electron chi connectivity index (χ0n) is 27.2. The normalized spacial score (nSPS) is 11.9. The van der Waals surface area contributed by atoms with Crippen molar-refractivity contribution in [1.29, 1.82) is 0 Å². The minimum atomic E-state index is 0.585. The van der Waals surface area contributed by atoms with Crippen LogP contribution in [0.2, 0.25) is 0 Å². The van der Waals surface area contributed by atoms with Gasteiger partial charge in [0.25, 0.3) is 0 Å². The second kappa shape index (κ2) is 10.7. The molecule has 0 saturated heterocycles. The summed E-state index contributed by atoms with van der Waals surface area (Å²) in [6, 6.07) is 54.5. The molecule has 5 heterocycles. The summed E-state index contributed by atoms with van der Waals surface area (Å²) in [6.45, 7) is 0. The number of hydrogen-bond donors (Lipinski definition) is 0. The Morgan fingerprint density at radius 1 is 0.431 bits per heavy atom. The van der Waals surface area contributed by atoms with E-state index in [2.05, 4.69) is 137 Å². The first kappa shape index (κ1) is 27.9. The van der Waals surface area contributed by atoms with Crippen molar-refractivity contribution in [1.82, 2.24) is 24.1 Å². The van der Waals surface area contributed by atoms with Crippen LogP contribution in [0.15, 0.2) is 168 Å². The molecule has 0 aliphatic heterocycles. The lowest BCUT2D eigenvalue weighted by molar-refractivity contribution is 0.670. The fourth-order valence-corrected chi connectivity index (χ4v) is 7.82. The van der Waals surface area contributed by atoms with Crippen LogP contribution in [0.4, 0.5) is 0 Å². The molecule has 6 nitrogen and oxygen atoms in total. The summed E-state index contributed by atoms with van der Waals surface area (Å²) in [5.74, 6) is 1.43. The Morgan fingerprint density at radius 2 is 1.08 bits per heavy atom. The molecule has 0 unspecified atom stereocenters. The van der Waals surface area contributed by atoms with Crippen molar-refractivity contribution >= 4 is 65.6 Å². The standard InChI is InChI=1S/C45H27N5O/c1-2-12-28(13-3-1)36-19-11-23-41(47-36)49-38-20-7-4-14-29(38)32-24-25-33-30-15-5-8-21-39(30)50(43(33)42(32)49)45-46-27-26-37(48-45)35-18-10-17-34-31-16-6-9-22-40(31)51-44(34)35/h1-27H. The lowest BCUT2D eigenvalue weighted by atomic mass is 10.1. The van der Waals surface area contributed by atoms with Gasteiger partial charge in [-0.05, 0) is 42.5 Å². The number of nitrogens with zero attached hydrogens (tertiary/aromatic N) is 5. The zero-order chi connectivity index (χ0) is 33.5. The number of benzene rings is 6. The van der Waals surface area contributed by atoms with E-state index in [4.69, 9.17) is 19.4 Å². The fourth-order valence-electron chi connectivity index (χ4n) is 7.82. The molecule has 11 rings (SSSR count). The molecule has 0 atom stereocenters. The van der Waals surface area contributed by atoms with Crippen LogP contribution in [0.1, 0.15) is 0 Å². The lowest BCUT2D eigenvalue weighted by Gasteiger charge is -2.12. The Bertz CT molecular complexity index is 3150. The number of pyridine rings is 1. The Balaban J connectivity index is 1.23. The van der Waals surface area contributed by atoms with Gasteiger partial charge in [-0.15, -0.1) is 0 Å². The molecule has 0 bridgehead atoms. The molecule has 0 fully saturated rings. The molecule has 5 aromatic heterocycles. The Kier molecular flexibility index (Phi) is 5.86. The van der Waals surface area contributed by atoms with Gasteiger partial charge in [-0.1, -0.05) is 115 Å². The first-order valence-electron chi connectivity index (χ1n) is 17.0. The van der Waals surface area contributed by atoms with Crippen LogP contribution in [0.3, 0.4) is 0 Å². The summed E-state index contributed by atoms with van der Waals surface area (Å²) < 4.78 is 10.9. The largest absolute Gasteiger partial charge is 0.455 e. The molecular formula is C45H27N5O. The number of hydrogen-bond acceptors (Lipinski definition) is 4. The predicted molar refractivity (Wildman–Crippen MR) is 207 cm³/mol. The van der Waals surface area contributed by atoms with Crippen molar-refractivity contribution in [3.63, 3.8) is 0 Å². The van der Waals surface area contributed by atoms with Crippen LogP contribution in [-0.4, -0.2) is 24.1 Å². The van der Waals surface area contributed by atoms with Crippen molar-refractivity contribution in [2.45, 2.75) is 0 Å². The van der Waals surface area contributed by atoms with E-state index >= 15 is 0 Å². The summed E-state index contributed by atoms with van der Waals surface area (Å²) in [4.78, 5) is 15.5. The highest BCUT2D eigenvalue weighted by atomic mass is 16.3. The smallest absolute Gasteiger partial charge is 0.235 e. The Morgan fingerprint density at radius 3 is 1.88 bits per heavy atom. The van der Waals surface area contributed by atoms with Crippen LogP contribution in [0, 0.1) is 0 Å². The van der Waals surface area contributed by atoms with Gasteiger partial charge in [-0.2, -0.15) is 0 Å². The summed E-state index contributed by atoms with van der Waals surface area (Å²) in [5.41, 5.74) is 9.57. The van der Waals surface area contributed by atoms with Gasteiger partial charge in [0.1, 0.15) is 17.0 Å². The maximum Gasteiger partial charge on any atom is 0.235 e. The summed E-state index contributed by atoms with van der Waals surface area (Å²) >= 11 is 0. The van der Waals surface area contributed by atoms with E-state index in [1.54, 1.807) is 0 Å². The molecule has 0 saturated carbocycles. The van der Waals surface area contributed by atoms with E-state index in [1.807, 2.05) is 36.5 Å². The van der Waals surface area contributed by atoms with Gasteiger partial charge in [0, 0.05) is 49.6 Å². The average Bonchev–Trinajstić information content (AvgIpc) is 3.86. The number of aromatic nitrogens is 5. The van der Waals surface area contributed by atoms with E-state index in [-0.39, 0.29) is 0 Å². The molecule has 51 heavy (non-hydrogen) atoms. The number of fused-ring (bicyclic) bond motifs is 10. The third kappa shape index (κ3) is 4.07. The van der Waals surface area contributed by atoms with Crippen LogP contribution >= 0.6 is 0 Å². The van der Waals surface area contributed by atoms with Crippen LogP contribution in [0.25, 0.3) is 99.8 Å². The number of furan rings is 1. The zero-order valence-corrected chi connectivity index (χ0v) is 27.2. The molecule has 0 N–H and O–H groups in total. The molecule has 0 radical (unpaired) electrons. The molecular weight excluding hydrogens is 627 g/mol. The highest BCUT2D eigenvalue weighted by Gasteiger charge is 2.23. The van der Waals surface area contributed by atoms with Crippen molar-refractivity contribution in [3.8, 4) is 34.3 Å². The predicted octanol–water partition coefficient (Wildman–Crippen LogP) is 11.3. The molecule has 6 aromatic carbocycles. The first-order chi connectivity index (χ1) is 25.3. The van der Waals surface area contributed by atoms with Gasteiger partial charge in [-0.3, -0.25) is 9.13 Å². The van der Waals surface area contributed by atoms with Crippen molar-refractivity contribution in [2.24, 2.45) is 0 Å². The van der Waals surface area contributed by atoms with E-state index < -0.39 is 0 Å². The van der Waals surface area contributed by atoms with E-state index in [0.717, 1.165) is 93.9 Å². The van der Waals surface area contributed by atoms with E-state index in [0.29, 0.717) is 5.95 Å². The van der Waals surface area contributed by atoms with Crippen molar-refractivity contribution < 1.29 is 4.42 Å². The molecule has 0 spiro atoms. The molecule has 0 amide bonds. The second-order valence-corrected chi connectivity index (χ2v) is 12.8. The molecule has 238 valence electrons. The van der Waals surface area contributed by atoms with Gasteiger partial charge in [0.2, 0.25) is 5.95 Å². The summed E-state index contributed by atoms with van der Waals surface area (Å²) in [7, 11) is 0. The molecule has 0 aliphatic rings. The van der Waals surface area contributed by atoms with Gasteiger partial charge >= 0.3 is 0 Å². The minimum absolute atomic E-state index is 0.585. The molecule has 11 aromatic rings. The van der Waals surface area contributed by atoms with Crippen LogP contribution in [-0.2, 0) is 0 Å².